The van der Waals surface area contributed by atoms with Crippen molar-refractivity contribution in [3.05, 3.63) is 0 Å². The first-order valence-electron chi connectivity index (χ1n) is 3.73. The van der Waals surface area contributed by atoms with Gasteiger partial charge in [0.1, 0.15) is 0 Å². The normalized spacial score (nSPS) is 15.5. The van der Waals surface area contributed by atoms with Gasteiger partial charge in [-0.25, -0.2) is 4.79 Å². The van der Waals surface area contributed by atoms with Gasteiger partial charge < -0.3 is 16.4 Å². The third-order valence-corrected chi connectivity index (χ3v) is 2.22. The van der Waals surface area contributed by atoms with E-state index in [1.165, 1.54) is 0 Å². The topological polar surface area (TPSA) is 79.5 Å². The van der Waals surface area contributed by atoms with Crippen LogP contribution in [0.25, 0.3) is 0 Å². The minimum Gasteiger partial charge on any atom is -0.363 e. The minimum absolute atomic E-state index is 0.488. The second-order valence-electron chi connectivity index (χ2n) is 2.25. The molecule has 1 aliphatic heterocycles. The molecule has 0 aliphatic carbocycles. The molecule has 0 saturated carbocycles. The van der Waals surface area contributed by atoms with Crippen molar-refractivity contribution in [1.29, 1.82) is 0 Å². The first kappa shape index (κ1) is 9.18. The van der Waals surface area contributed by atoms with Crippen molar-refractivity contribution in [2.24, 2.45) is 10.7 Å². The van der Waals surface area contributed by atoms with Gasteiger partial charge in [0.2, 0.25) is 0 Å². The Morgan fingerprint density at radius 1 is 1.67 bits per heavy atom. The van der Waals surface area contributed by atoms with Crippen LogP contribution >= 0.6 is 11.8 Å². The standard InChI is InChI=1S/C6H12N4OS/c7-5(11)8-1-2-9-6-10-3-4-12-6/h1-4H2,(H,9,10)(H3,7,8,11). The molecule has 12 heavy (non-hydrogen) atoms. The Balaban J connectivity index is 1.98. The predicted octanol–water partition coefficient (Wildman–Crippen LogP) is -0.653. The molecular weight excluding hydrogens is 176 g/mol. The lowest BCUT2D eigenvalue weighted by Gasteiger charge is -2.04. The summed E-state index contributed by atoms with van der Waals surface area (Å²) in [6.07, 6.45) is 0. The average molecular weight is 188 g/mol. The molecule has 0 aromatic heterocycles. The smallest absolute Gasteiger partial charge is 0.312 e. The van der Waals surface area contributed by atoms with Gasteiger partial charge >= 0.3 is 6.03 Å². The molecule has 0 spiro atoms. The molecule has 0 aromatic rings. The van der Waals surface area contributed by atoms with Crippen LogP contribution in [0.1, 0.15) is 0 Å². The van der Waals surface area contributed by atoms with Crippen LogP contribution < -0.4 is 16.4 Å². The summed E-state index contributed by atoms with van der Waals surface area (Å²) in [5.74, 6) is 1.05. The third kappa shape index (κ3) is 3.47. The highest BCUT2D eigenvalue weighted by molar-refractivity contribution is 8.14. The summed E-state index contributed by atoms with van der Waals surface area (Å²) in [7, 11) is 0. The molecule has 0 fully saturated rings. The van der Waals surface area contributed by atoms with Crippen molar-refractivity contribution >= 4 is 23.0 Å². The lowest BCUT2D eigenvalue weighted by molar-refractivity contribution is 0.249. The summed E-state index contributed by atoms with van der Waals surface area (Å²) < 4.78 is 0. The number of carbonyl (C=O) groups is 1. The molecule has 1 aliphatic rings. The van der Waals surface area contributed by atoms with Crippen LogP contribution in [0.3, 0.4) is 0 Å². The number of hydrogen-bond donors (Lipinski definition) is 3. The van der Waals surface area contributed by atoms with E-state index in [1.807, 2.05) is 0 Å². The SMILES string of the molecule is NC(=O)NCCNC1=NCCS1. The molecule has 1 rings (SSSR count). The van der Waals surface area contributed by atoms with Crippen molar-refractivity contribution in [2.75, 3.05) is 25.4 Å². The number of urea groups is 1. The molecular formula is C6H12N4OS. The number of hydrogen-bond acceptors (Lipinski definition) is 4. The van der Waals surface area contributed by atoms with Gasteiger partial charge in [0.15, 0.2) is 5.17 Å². The van der Waals surface area contributed by atoms with Gasteiger partial charge in [0, 0.05) is 18.8 Å². The molecule has 0 aromatic carbocycles. The second kappa shape index (κ2) is 4.87. The molecule has 1 heterocycles. The van der Waals surface area contributed by atoms with E-state index in [-0.39, 0.29) is 0 Å². The maximum atomic E-state index is 10.2. The van der Waals surface area contributed by atoms with E-state index in [9.17, 15) is 4.79 Å². The summed E-state index contributed by atoms with van der Waals surface area (Å²) >= 11 is 1.70. The Morgan fingerprint density at radius 2 is 2.50 bits per heavy atom. The zero-order valence-corrected chi connectivity index (χ0v) is 7.49. The van der Waals surface area contributed by atoms with Gasteiger partial charge in [-0.15, -0.1) is 0 Å². The van der Waals surface area contributed by atoms with Crippen molar-refractivity contribution in [3.63, 3.8) is 0 Å². The lowest BCUT2D eigenvalue weighted by atomic mass is 10.6. The summed E-state index contributed by atoms with van der Waals surface area (Å²) in [5, 5.41) is 6.52. The fraction of sp³-hybridized carbons (Fsp3) is 0.667. The third-order valence-electron chi connectivity index (χ3n) is 1.29. The van der Waals surface area contributed by atoms with Crippen molar-refractivity contribution in [2.45, 2.75) is 0 Å². The first-order valence-corrected chi connectivity index (χ1v) is 4.72. The summed E-state index contributed by atoms with van der Waals surface area (Å²) in [6.45, 7) is 2.10. The second-order valence-corrected chi connectivity index (χ2v) is 3.34. The van der Waals surface area contributed by atoms with Gasteiger partial charge in [0.05, 0.1) is 6.54 Å². The van der Waals surface area contributed by atoms with Gasteiger partial charge in [-0.1, -0.05) is 11.8 Å². The number of amides is 2. The summed E-state index contributed by atoms with van der Waals surface area (Å²) in [4.78, 5) is 14.4. The number of nitrogens with zero attached hydrogens (tertiary/aromatic N) is 1. The van der Waals surface area contributed by atoms with Crippen LogP contribution in [0.4, 0.5) is 4.79 Å². The van der Waals surface area contributed by atoms with Gasteiger partial charge in [0.25, 0.3) is 0 Å². The molecule has 0 bridgehead atoms. The molecule has 4 N–H and O–H groups in total. The van der Waals surface area contributed by atoms with E-state index in [0.29, 0.717) is 13.1 Å². The number of primary amides is 1. The van der Waals surface area contributed by atoms with Crippen LogP contribution in [0.15, 0.2) is 4.99 Å². The summed E-state index contributed by atoms with van der Waals surface area (Å²) in [5.41, 5.74) is 4.87. The van der Waals surface area contributed by atoms with Crippen molar-refractivity contribution in [1.82, 2.24) is 10.6 Å². The molecule has 68 valence electrons. The van der Waals surface area contributed by atoms with E-state index in [2.05, 4.69) is 15.6 Å². The van der Waals surface area contributed by atoms with E-state index in [4.69, 9.17) is 5.73 Å². The average Bonchev–Trinajstić information content (AvgIpc) is 2.49. The molecule has 5 nitrogen and oxygen atoms in total. The number of nitrogens with two attached hydrogens (primary N) is 1. The fourth-order valence-electron chi connectivity index (χ4n) is 0.797. The van der Waals surface area contributed by atoms with Gasteiger partial charge in [-0.2, -0.15) is 0 Å². The van der Waals surface area contributed by atoms with Gasteiger partial charge in [-0.3, -0.25) is 4.99 Å². The van der Waals surface area contributed by atoms with Crippen LogP contribution in [-0.4, -0.2) is 36.6 Å². The number of rotatable bonds is 3. The molecule has 0 unspecified atom stereocenters. The molecule has 0 atom stereocenters. The van der Waals surface area contributed by atoms with E-state index < -0.39 is 6.03 Å². The predicted molar refractivity (Wildman–Crippen MR) is 50.3 cm³/mol. The van der Waals surface area contributed by atoms with E-state index in [1.54, 1.807) is 11.8 Å². The Kier molecular flexibility index (Phi) is 3.72. The van der Waals surface area contributed by atoms with Crippen molar-refractivity contribution in [3.8, 4) is 0 Å². The summed E-state index contributed by atoms with van der Waals surface area (Å²) in [6, 6.07) is -0.488. The Bertz CT molecular complexity index is 194. The number of aliphatic imine (C=N–C) groups is 1. The van der Waals surface area contributed by atoms with Crippen LogP contribution in [-0.2, 0) is 0 Å². The maximum absolute atomic E-state index is 10.2. The molecule has 2 amide bonds. The zero-order valence-electron chi connectivity index (χ0n) is 6.67. The monoisotopic (exact) mass is 188 g/mol. The highest BCUT2D eigenvalue weighted by Gasteiger charge is 2.04. The molecule has 0 saturated heterocycles. The molecule has 0 radical (unpaired) electrons. The first-order chi connectivity index (χ1) is 5.79. The highest BCUT2D eigenvalue weighted by Crippen LogP contribution is 2.07. The Morgan fingerprint density at radius 3 is 3.08 bits per heavy atom. The van der Waals surface area contributed by atoms with Crippen LogP contribution in [0.5, 0.6) is 0 Å². The van der Waals surface area contributed by atoms with Crippen LogP contribution in [0.2, 0.25) is 0 Å². The maximum Gasteiger partial charge on any atom is 0.312 e. The quantitative estimate of drug-likeness (QED) is 0.515. The van der Waals surface area contributed by atoms with Gasteiger partial charge in [-0.05, 0) is 0 Å². The number of amidine groups is 1. The largest absolute Gasteiger partial charge is 0.363 e. The number of carbonyl (C=O) groups excluding carboxylic acids is 1. The van der Waals surface area contributed by atoms with E-state index >= 15 is 0 Å². The number of nitrogens with one attached hydrogen (secondary N) is 2. The van der Waals surface area contributed by atoms with Crippen molar-refractivity contribution < 1.29 is 4.79 Å². The Hall–Kier alpha value is -0.910. The number of thioether (sulfide) groups is 1. The van der Waals surface area contributed by atoms with Crippen LogP contribution in [0, 0.1) is 0 Å². The zero-order chi connectivity index (χ0) is 8.81. The van der Waals surface area contributed by atoms with E-state index in [0.717, 1.165) is 17.5 Å². The molecule has 6 heteroatoms. The Labute approximate surface area is 75.2 Å². The highest BCUT2D eigenvalue weighted by atomic mass is 32.2. The lowest BCUT2D eigenvalue weighted by Crippen LogP contribution is -2.36. The fourth-order valence-corrected chi connectivity index (χ4v) is 1.56. The minimum atomic E-state index is -0.488.